The number of pyridine rings is 1. The molecule has 0 bridgehead atoms. The maximum Gasteiger partial charge on any atom is 0.141 e. The molecule has 1 N–H and O–H groups in total. The van der Waals surface area contributed by atoms with Gasteiger partial charge >= 0.3 is 0 Å². The molecule has 0 saturated carbocycles. The Labute approximate surface area is 116 Å². The van der Waals surface area contributed by atoms with Crippen molar-refractivity contribution in [3.63, 3.8) is 0 Å². The van der Waals surface area contributed by atoms with Gasteiger partial charge in [-0.1, -0.05) is 0 Å². The maximum absolute atomic E-state index is 12.9. The van der Waals surface area contributed by atoms with Crippen molar-refractivity contribution in [3.8, 4) is 11.5 Å². The molecule has 0 amide bonds. The van der Waals surface area contributed by atoms with Gasteiger partial charge in [-0.2, -0.15) is 0 Å². The van der Waals surface area contributed by atoms with Crippen LogP contribution in [0, 0.1) is 5.82 Å². The van der Waals surface area contributed by atoms with Gasteiger partial charge in [0.25, 0.3) is 0 Å². The highest BCUT2D eigenvalue weighted by atomic mass is 19.1. The Morgan fingerprint density at radius 1 is 1.10 bits per heavy atom. The molecule has 0 radical (unpaired) electrons. The van der Waals surface area contributed by atoms with Crippen LogP contribution in [0.5, 0.6) is 11.5 Å². The molecule has 20 heavy (non-hydrogen) atoms. The summed E-state index contributed by atoms with van der Waals surface area (Å²) in [5, 5.41) is 10.7. The second kappa shape index (κ2) is 5.46. The van der Waals surface area contributed by atoms with Crippen molar-refractivity contribution in [2.45, 2.75) is 12.5 Å². The lowest BCUT2D eigenvalue weighted by molar-refractivity contribution is 0.0966. The number of aliphatic hydroxyl groups is 1. The minimum atomic E-state index is -1.38. The van der Waals surface area contributed by atoms with Crippen molar-refractivity contribution in [2.24, 2.45) is 0 Å². The molecular weight excluding hydrogens is 261 g/mol. The van der Waals surface area contributed by atoms with Gasteiger partial charge in [-0.15, -0.1) is 0 Å². The number of benzene rings is 1. The van der Waals surface area contributed by atoms with Crippen LogP contribution < -0.4 is 9.47 Å². The van der Waals surface area contributed by atoms with Crippen LogP contribution in [0.2, 0.25) is 0 Å². The Morgan fingerprint density at radius 3 is 2.15 bits per heavy atom. The minimum absolute atomic E-state index is 0.342. The van der Waals surface area contributed by atoms with Crippen molar-refractivity contribution < 1.29 is 19.0 Å². The van der Waals surface area contributed by atoms with E-state index in [2.05, 4.69) is 4.98 Å². The van der Waals surface area contributed by atoms with Crippen molar-refractivity contribution in [1.29, 1.82) is 0 Å². The predicted molar refractivity (Wildman–Crippen MR) is 72.4 cm³/mol. The minimum Gasteiger partial charge on any atom is -0.497 e. The fourth-order valence-electron chi connectivity index (χ4n) is 1.90. The van der Waals surface area contributed by atoms with Gasteiger partial charge in [0.05, 0.1) is 26.1 Å². The Morgan fingerprint density at radius 2 is 1.70 bits per heavy atom. The first kappa shape index (κ1) is 14.3. The van der Waals surface area contributed by atoms with E-state index in [9.17, 15) is 9.50 Å². The van der Waals surface area contributed by atoms with Gasteiger partial charge < -0.3 is 14.6 Å². The van der Waals surface area contributed by atoms with Gasteiger partial charge in [-0.25, -0.2) is 4.39 Å². The molecule has 1 aromatic heterocycles. The molecule has 4 nitrogen and oxygen atoms in total. The summed E-state index contributed by atoms with van der Waals surface area (Å²) in [6, 6.07) is 7.79. The molecule has 0 saturated heterocycles. The topological polar surface area (TPSA) is 51.6 Å². The van der Waals surface area contributed by atoms with E-state index in [4.69, 9.17) is 9.47 Å². The molecule has 0 aliphatic heterocycles. The normalized spacial score (nSPS) is 13.7. The molecule has 0 aliphatic carbocycles. The van der Waals surface area contributed by atoms with Crippen LogP contribution in [0.1, 0.15) is 18.2 Å². The molecule has 0 fully saturated rings. The van der Waals surface area contributed by atoms with E-state index in [1.165, 1.54) is 26.4 Å². The summed E-state index contributed by atoms with van der Waals surface area (Å²) in [5.74, 6) is 0.663. The van der Waals surface area contributed by atoms with Gasteiger partial charge in [0.15, 0.2) is 0 Å². The van der Waals surface area contributed by atoms with Gasteiger partial charge in [0, 0.05) is 6.07 Å². The van der Waals surface area contributed by atoms with Crippen LogP contribution in [0.4, 0.5) is 4.39 Å². The molecule has 0 aliphatic rings. The molecule has 1 unspecified atom stereocenters. The summed E-state index contributed by atoms with van der Waals surface area (Å²) in [7, 11) is 3.06. The number of hydrogen-bond donors (Lipinski definition) is 1. The second-order valence-corrected chi connectivity index (χ2v) is 4.54. The molecule has 1 aromatic carbocycles. The van der Waals surface area contributed by atoms with Crippen LogP contribution in [-0.4, -0.2) is 24.3 Å². The number of hydrogen-bond acceptors (Lipinski definition) is 4. The van der Waals surface area contributed by atoms with E-state index in [0.717, 1.165) is 6.20 Å². The van der Waals surface area contributed by atoms with Crippen molar-refractivity contribution >= 4 is 0 Å². The first-order valence-corrected chi connectivity index (χ1v) is 6.05. The van der Waals surface area contributed by atoms with Crippen LogP contribution in [-0.2, 0) is 5.60 Å². The average Bonchev–Trinajstić information content (AvgIpc) is 2.47. The van der Waals surface area contributed by atoms with Gasteiger partial charge in [0.2, 0.25) is 0 Å². The molecule has 0 spiro atoms. The van der Waals surface area contributed by atoms with E-state index in [-0.39, 0.29) is 0 Å². The monoisotopic (exact) mass is 277 g/mol. The molecule has 5 heteroatoms. The van der Waals surface area contributed by atoms with Crippen molar-refractivity contribution in [1.82, 2.24) is 4.98 Å². The molecule has 1 heterocycles. The standard InChI is InChI=1S/C15H16FNO3/c1-15(18,14-5-4-11(16)9-17-14)10-6-12(19-2)8-13(7-10)20-3/h4-9,18H,1-3H3. The summed E-state index contributed by atoms with van der Waals surface area (Å²) >= 11 is 0. The Balaban J connectivity index is 2.49. The largest absolute Gasteiger partial charge is 0.497 e. The number of ether oxygens (including phenoxy) is 2. The van der Waals surface area contributed by atoms with Crippen molar-refractivity contribution in [3.05, 3.63) is 53.6 Å². The maximum atomic E-state index is 12.9. The highest BCUT2D eigenvalue weighted by molar-refractivity contribution is 5.43. The molecule has 106 valence electrons. The molecule has 1 atom stereocenters. The number of halogens is 1. The van der Waals surface area contributed by atoms with Crippen LogP contribution in [0.3, 0.4) is 0 Å². The predicted octanol–water partition coefficient (Wildman–Crippen LogP) is 2.49. The zero-order chi connectivity index (χ0) is 14.8. The highest BCUT2D eigenvalue weighted by Crippen LogP contribution is 2.33. The number of rotatable bonds is 4. The smallest absolute Gasteiger partial charge is 0.141 e. The first-order chi connectivity index (χ1) is 9.47. The fraction of sp³-hybridized carbons (Fsp3) is 0.267. The number of aromatic nitrogens is 1. The SMILES string of the molecule is COc1cc(OC)cc(C(C)(O)c2ccc(F)cn2)c1. The zero-order valence-corrected chi connectivity index (χ0v) is 11.6. The Kier molecular flexibility index (Phi) is 3.90. The third-order valence-electron chi connectivity index (χ3n) is 3.14. The average molecular weight is 277 g/mol. The summed E-state index contributed by atoms with van der Waals surface area (Å²) in [4.78, 5) is 3.93. The van der Waals surface area contributed by atoms with E-state index < -0.39 is 11.4 Å². The van der Waals surface area contributed by atoms with Gasteiger partial charge in [0.1, 0.15) is 22.9 Å². The summed E-state index contributed by atoms with van der Waals surface area (Å²) in [6.07, 6.45) is 1.07. The highest BCUT2D eigenvalue weighted by Gasteiger charge is 2.28. The number of methoxy groups -OCH3 is 2. The third kappa shape index (κ3) is 2.72. The lowest BCUT2D eigenvalue weighted by Crippen LogP contribution is -2.24. The van der Waals surface area contributed by atoms with Crippen LogP contribution in [0.25, 0.3) is 0 Å². The van der Waals surface area contributed by atoms with Crippen LogP contribution >= 0.6 is 0 Å². The van der Waals surface area contributed by atoms with Gasteiger partial charge in [-0.3, -0.25) is 4.98 Å². The van der Waals surface area contributed by atoms with Crippen LogP contribution in [0.15, 0.2) is 36.5 Å². The first-order valence-electron chi connectivity index (χ1n) is 6.05. The lowest BCUT2D eigenvalue weighted by Gasteiger charge is -2.24. The molecule has 2 aromatic rings. The third-order valence-corrected chi connectivity index (χ3v) is 3.14. The second-order valence-electron chi connectivity index (χ2n) is 4.54. The fourth-order valence-corrected chi connectivity index (χ4v) is 1.90. The Hall–Kier alpha value is -2.14. The quantitative estimate of drug-likeness (QED) is 0.933. The summed E-state index contributed by atoms with van der Waals surface area (Å²) < 4.78 is 23.3. The molecular formula is C15H16FNO3. The molecule has 2 rings (SSSR count). The van der Waals surface area contributed by atoms with E-state index >= 15 is 0 Å². The van der Waals surface area contributed by atoms with Gasteiger partial charge in [-0.05, 0) is 36.8 Å². The zero-order valence-electron chi connectivity index (χ0n) is 11.6. The summed E-state index contributed by atoms with van der Waals surface area (Å²) in [5.41, 5.74) is -0.489. The van der Waals surface area contributed by atoms with E-state index in [1.807, 2.05) is 0 Å². The van der Waals surface area contributed by atoms with E-state index in [1.54, 1.807) is 25.1 Å². The van der Waals surface area contributed by atoms with Crippen molar-refractivity contribution in [2.75, 3.05) is 14.2 Å². The Bertz CT molecular complexity index is 574. The van der Waals surface area contributed by atoms with E-state index in [0.29, 0.717) is 22.8 Å². The summed E-state index contributed by atoms with van der Waals surface area (Å²) in [6.45, 7) is 1.58. The number of nitrogens with zero attached hydrogens (tertiary/aromatic N) is 1. The lowest BCUT2D eigenvalue weighted by atomic mass is 9.91.